The van der Waals surface area contributed by atoms with Crippen molar-refractivity contribution >= 4 is 40.7 Å². The van der Waals surface area contributed by atoms with E-state index in [0.717, 1.165) is 6.07 Å². The second-order valence-electron chi connectivity index (χ2n) is 5.20. The number of hydrogen-bond acceptors (Lipinski definition) is 3. The Bertz CT molecular complexity index is 804. The summed E-state index contributed by atoms with van der Waals surface area (Å²) < 4.78 is 37.9. The quantitative estimate of drug-likeness (QED) is 0.700. The molecule has 2 aromatic heterocycles. The lowest BCUT2D eigenvalue weighted by atomic mass is 10.1. The normalized spacial score (nSPS) is 12.8. The Labute approximate surface area is 156 Å². The minimum atomic E-state index is -4.56. The summed E-state index contributed by atoms with van der Waals surface area (Å²) in [6, 6.07) is 1.44. The first-order valence-electron chi connectivity index (χ1n) is 6.87. The Morgan fingerprint density at radius 3 is 2.36 bits per heavy atom. The number of carbonyl (C=O) groups excluding carboxylic acids is 1. The van der Waals surface area contributed by atoms with Crippen LogP contribution in [-0.2, 0) is 6.18 Å². The van der Waals surface area contributed by atoms with E-state index in [1.165, 1.54) is 13.0 Å². The first kappa shape index (κ1) is 19.8. The van der Waals surface area contributed by atoms with Gasteiger partial charge in [-0.1, -0.05) is 34.8 Å². The maximum atomic E-state index is 12.6. The summed E-state index contributed by atoms with van der Waals surface area (Å²) >= 11 is 17.8. The fourth-order valence-corrected chi connectivity index (χ4v) is 3.09. The minimum absolute atomic E-state index is 0.0381. The van der Waals surface area contributed by atoms with Crippen LogP contribution in [0.5, 0.6) is 0 Å². The number of aromatic nitrogens is 2. The first-order chi connectivity index (χ1) is 11.5. The maximum absolute atomic E-state index is 12.6. The molecule has 134 valence electrons. The van der Waals surface area contributed by atoms with Crippen molar-refractivity contribution in [2.24, 2.45) is 0 Å². The highest BCUT2D eigenvalue weighted by Crippen LogP contribution is 2.32. The topological polar surface area (TPSA) is 54.9 Å². The van der Waals surface area contributed by atoms with E-state index >= 15 is 0 Å². The van der Waals surface area contributed by atoms with E-state index in [1.54, 1.807) is 6.92 Å². The number of rotatable bonds is 3. The van der Waals surface area contributed by atoms with Crippen molar-refractivity contribution in [1.82, 2.24) is 15.3 Å². The second kappa shape index (κ2) is 7.35. The fraction of sp³-hybridized carbons (Fsp3) is 0.267. The lowest BCUT2D eigenvalue weighted by molar-refractivity contribution is -0.137. The Balaban J connectivity index is 2.25. The third-order valence-corrected chi connectivity index (χ3v) is 4.11. The van der Waals surface area contributed by atoms with Crippen LogP contribution in [0.25, 0.3) is 0 Å². The Morgan fingerprint density at radius 1 is 1.20 bits per heavy atom. The van der Waals surface area contributed by atoms with Gasteiger partial charge in [0.05, 0.1) is 32.9 Å². The SMILES string of the molecule is Cc1cc(Cl)c(C(=O)NC(C)c2ncc(C(F)(F)F)cc2Cl)c(Cl)n1. The zero-order chi connectivity index (χ0) is 18.9. The van der Waals surface area contributed by atoms with E-state index in [1.807, 2.05) is 0 Å². The Hall–Kier alpha value is -1.57. The average Bonchev–Trinajstić information content (AvgIpc) is 2.44. The zero-order valence-electron chi connectivity index (χ0n) is 12.9. The molecule has 0 radical (unpaired) electrons. The number of nitrogens with one attached hydrogen (secondary N) is 1. The van der Waals surface area contributed by atoms with Crippen molar-refractivity contribution in [3.8, 4) is 0 Å². The number of hydrogen-bond donors (Lipinski definition) is 1. The maximum Gasteiger partial charge on any atom is 0.417 e. The molecule has 2 heterocycles. The highest BCUT2D eigenvalue weighted by atomic mass is 35.5. The summed E-state index contributed by atoms with van der Waals surface area (Å²) in [7, 11) is 0. The molecule has 1 amide bonds. The molecule has 1 unspecified atom stereocenters. The molecule has 0 saturated carbocycles. The van der Waals surface area contributed by atoms with Gasteiger partial charge in [0.1, 0.15) is 5.15 Å². The minimum Gasteiger partial charge on any atom is -0.344 e. The van der Waals surface area contributed by atoms with E-state index in [4.69, 9.17) is 34.8 Å². The molecule has 0 spiro atoms. The third-order valence-electron chi connectivity index (χ3n) is 3.24. The highest BCUT2D eigenvalue weighted by Gasteiger charge is 2.32. The summed E-state index contributed by atoms with van der Waals surface area (Å²) in [5, 5.41) is 2.34. The number of alkyl halides is 3. The lowest BCUT2D eigenvalue weighted by Gasteiger charge is -2.17. The van der Waals surface area contributed by atoms with Gasteiger partial charge in [0, 0.05) is 11.9 Å². The van der Waals surface area contributed by atoms with Crippen molar-refractivity contribution in [2.75, 3.05) is 0 Å². The summed E-state index contributed by atoms with van der Waals surface area (Å²) in [5.74, 6) is -0.646. The molecule has 0 bridgehead atoms. The van der Waals surface area contributed by atoms with Crippen LogP contribution in [-0.4, -0.2) is 15.9 Å². The summed E-state index contributed by atoms with van der Waals surface area (Å²) in [6.07, 6.45) is -3.91. The molecule has 0 fully saturated rings. The van der Waals surface area contributed by atoms with Crippen molar-refractivity contribution in [1.29, 1.82) is 0 Å². The molecule has 10 heteroatoms. The van der Waals surface area contributed by atoms with Gasteiger partial charge in [-0.05, 0) is 26.0 Å². The highest BCUT2D eigenvalue weighted by molar-refractivity contribution is 6.39. The monoisotopic (exact) mass is 411 g/mol. The molecule has 2 rings (SSSR count). The lowest BCUT2D eigenvalue weighted by Crippen LogP contribution is -2.28. The molecule has 1 N–H and O–H groups in total. The largest absolute Gasteiger partial charge is 0.417 e. The number of nitrogens with zero attached hydrogens (tertiary/aromatic N) is 2. The van der Waals surface area contributed by atoms with Crippen LogP contribution in [0.1, 0.15) is 40.3 Å². The van der Waals surface area contributed by atoms with Gasteiger partial charge in [-0.25, -0.2) is 4.98 Å². The van der Waals surface area contributed by atoms with Gasteiger partial charge in [0.2, 0.25) is 0 Å². The van der Waals surface area contributed by atoms with Crippen LogP contribution in [0.3, 0.4) is 0 Å². The summed E-state index contributed by atoms with van der Waals surface area (Å²) in [6.45, 7) is 3.18. The molecule has 0 aromatic carbocycles. The molecule has 4 nitrogen and oxygen atoms in total. The molecular formula is C15H11Cl3F3N3O. The van der Waals surface area contributed by atoms with Crippen LogP contribution < -0.4 is 5.32 Å². The third kappa shape index (κ3) is 4.54. The number of pyridine rings is 2. The molecule has 0 aliphatic carbocycles. The van der Waals surface area contributed by atoms with E-state index < -0.39 is 23.7 Å². The van der Waals surface area contributed by atoms with Crippen LogP contribution in [0.2, 0.25) is 15.2 Å². The Kier molecular flexibility index (Phi) is 5.81. The number of amides is 1. The van der Waals surface area contributed by atoms with Gasteiger partial charge in [0.15, 0.2) is 0 Å². The average molecular weight is 413 g/mol. The predicted octanol–water partition coefficient (Wildman–Crippen LogP) is 5.26. The van der Waals surface area contributed by atoms with E-state index in [0.29, 0.717) is 11.9 Å². The molecule has 25 heavy (non-hydrogen) atoms. The Morgan fingerprint density at radius 2 is 1.84 bits per heavy atom. The fourth-order valence-electron chi connectivity index (χ4n) is 2.06. The van der Waals surface area contributed by atoms with Crippen LogP contribution in [0, 0.1) is 6.92 Å². The molecular weight excluding hydrogens is 402 g/mol. The van der Waals surface area contributed by atoms with E-state index in [2.05, 4.69) is 15.3 Å². The summed E-state index contributed by atoms with van der Waals surface area (Å²) in [5.41, 5.74) is -0.403. The summed E-state index contributed by atoms with van der Waals surface area (Å²) in [4.78, 5) is 20.0. The van der Waals surface area contributed by atoms with Crippen LogP contribution >= 0.6 is 34.8 Å². The molecule has 0 saturated heterocycles. The van der Waals surface area contributed by atoms with E-state index in [-0.39, 0.29) is 26.5 Å². The van der Waals surface area contributed by atoms with Gasteiger partial charge in [0.25, 0.3) is 5.91 Å². The number of aryl methyl sites for hydroxylation is 1. The predicted molar refractivity (Wildman–Crippen MR) is 89.1 cm³/mol. The molecule has 2 aromatic rings. The van der Waals surface area contributed by atoms with Crippen LogP contribution in [0.15, 0.2) is 18.3 Å². The van der Waals surface area contributed by atoms with E-state index in [9.17, 15) is 18.0 Å². The van der Waals surface area contributed by atoms with Gasteiger partial charge < -0.3 is 5.32 Å². The van der Waals surface area contributed by atoms with Crippen LogP contribution in [0.4, 0.5) is 13.2 Å². The molecule has 1 atom stereocenters. The number of carbonyl (C=O) groups is 1. The number of halogens is 6. The second-order valence-corrected chi connectivity index (χ2v) is 6.37. The first-order valence-corrected chi connectivity index (χ1v) is 8.00. The van der Waals surface area contributed by atoms with Crippen molar-refractivity contribution < 1.29 is 18.0 Å². The van der Waals surface area contributed by atoms with Gasteiger partial charge >= 0.3 is 6.18 Å². The van der Waals surface area contributed by atoms with Gasteiger partial charge in [-0.2, -0.15) is 13.2 Å². The zero-order valence-corrected chi connectivity index (χ0v) is 15.1. The van der Waals surface area contributed by atoms with Gasteiger partial charge in [-0.15, -0.1) is 0 Å². The smallest absolute Gasteiger partial charge is 0.344 e. The van der Waals surface area contributed by atoms with Gasteiger partial charge in [-0.3, -0.25) is 9.78 Å². The molecule has 0 aliphatic rings. The standard InChI is InChI=1S/C15H11Cl3F3N3O/c1-6-3-9(16)11(13(18)23-6)14(25)24-7(2)12-10(17)4-8(5-22-12)15(19,20)21/h3-5,7H,1-2H3,(H,24,25). The van der Waals surface area contributed by atoms with Crippen molar-refractivity contribution in [2.45, 2.75) is 26.1 Å². The van der Waals surface area contributed by atoms with Crippen molar-refractivity contribution in [3.63, 3.8) is 0 Å². The van der Waals surface area contributed by atoms with Crippen molar-refractivity contribution in [3.05, 3.63) is 56.0 Å². The molecule has 0 aliphatic heterocycles.